The predicted molar refractivity (Wildman–Crippen MR) is 72.1 cm³/mol. The van der Waals surface area contributed by atoms with Crippen molar-refractivity contribution in [3.05, 3.63) is 29.3 Å². The van der Waals surface area contributed by atoms with Gasteiger partial charge in [0.25, 0.3) is 0 Å². The summed E-state index contributed by atoms with van der Waals surface area (Å²) < 4.78 is 39.1. The van der Waals surface area contributed by atoms with E-state index in [1.54, 1.807) is 0 Å². The zero-order chi connectivity index (χ0) is 15.3. The van der Waals surface area contributed by atoms with Crippen molar-refractivity contribution < 1.29 is 22.9 Å². The first-order chi connectivity index (χ1) is 9.05. The van der Waals surface area contributed by atoms with Crippen molar-refractivity contribution in [2.24, 2.45) is 0 Å². The summed E-state index contributed by atoms with van der Waals surface area (Å²) in [5, 5.41) is 0. The van der Waals surface area contributed by atoms with Crippen LogP contribution >= 0.6 is 0 Å². The van der Waals surface area contributed by atoms with Crippen LogP contribution in [0.2, 0.25) is 0 Å². The Morgan fingerprint density at radius 2 is 1.45 bits per heavy atom. The fraction of sp³-hybridized carbons (Fsp3) is 0.500. The minimum atomic E-state index is -0.901. The first kappa shape index (κ1) is 15.1. The van der Waals surface area contributed by atoms with E-state index in [-0.39, 0.29) is 5.46 Å². The van der Waals surface area contributed by atoms with E-state index in [1.165, 1.54) is 0 Å². The average Bonchev–Trinajstić information content (AvgIpc) is 2.46. The van der Waals surface area contributed by atoms with Crippen molar-refractivity contribution in [1.29, 1.82) is 0 Å². The molecule has 0 aliphatic carbocycles. The van der Waals surface area contributed by atoms with Crippen molar-refractivity contribution in [2.75, 3.05) is 0 Å². The van der Waals surface area contributed by atoms with Crippen LogP contribution in [0.3, 0.4) is 0 Å². The molecule has 0 aromatic heterocycles. The molecule has 0 radical (unpaired) electrons. The molecule has 108 valence electrons. The molecule has 1 saturated heterocycles. The summed E-state index contributed by atoms with van der Waals surface area (Å²) in [6, 6.07) is 2.17. The van der Waals surface area contributed by atoms with Crippen LogP contribution in [0.25, 0.3) is 0 Å². The van der Waals surface area contributed by atoms with Gasteiger partial charge < -0.3 is 9.31 Å². The zero-order valence-electron chi connectivity index (χ0n) is 12.2. The third-order valence-electron chi connectivity index (χ3n) is 3.94. The van der Waals surface area contributed by atoms with Crippen LogP contribution in [0, 0.1) is 11.6 Å². The van der Waals surface area contributed by atoms with E-state index >= 15 is 0 Å². The molecule has 0 bridgehead atoms. The van der Waals surface area contributed by atoms with Crippen LogP contribution in [-0.4, -0.2) is 24.1 Å². The molecule has 0 amide bonds. The minimum Gasteiger partial charge on any atom is -0.399 e. The highest BCUT2D eigenvalue weighted by Crippen LogP contribution is 2.36. The van der Waals surface area contributed by atoms with E-state index in [1.807, 2.05) is 27.7 Å². The summed E-state index contributed by atoms with van der Waals surface area (Å²) >= 11 is 0. The molecule has 1 aliphatic heterocycles. The SMILES string of the molecule is CC(=O)c1c(F)cc(B2OC(C)(C)C(C)(C)O2)cc1F. The van der Waals surface area contributed by atoms with E-state index in [2.05, 4.69) is 0 Å². The second kappa shape index (κ2) is 4.64. The molecule has 6 heteroatoms. The number of benzene rings is 1. The number of rotatable bonds is 2. The lowest BCUT2D eigenvalue weighted by Crippen LogP contribution is -2.41. The molecular weight excluding hydrogens is 265 g/mol. The van der Waals surface area contributed by atoms with Crippen LogP contribution in [0.1, 0.15) is 45.0 Å². The Kier molecular flexibility index (Phi) is 3.51. The molecule has 20 heavy (non-hydrogen) atoms. The normalized spacial score (nSPS) is 20.2. The fourth-order valence-corrected chi connectivity index (χ4v) is 2.04. The predicted octanol–water partition coefficient (Wildman–Crippen LogP) is 2.47. The van der Waals surface area contributed by atoms with Crippen molar-refractivity contribution in [3.8, 4) is 0 Å². The molecule has 1 aromatic carbocycles. The highest BCUT2D eigenvalue weighted by molar-refractivity contribution is 6.62. The minimum absolute atomic E-state index is 0.226. The van der Waals surface area contributed by atoms with Gasteiger partial charge in [0.1, 0.15) is 11.6 Å². The molecule has 0 unspecified atom stereocenters. The van der Waals surface area contributed by atoms with E-state index in [0.717, 1.165) is 19.1 Å². The van der Waals surface area contributed by atoms with Gasteiger partial charge in [0.2, 0.25) is 0 Å². The number of hydrogen-bond donors (Lipinski definition) is 0. The maximum absolute atomic E-state index is 13.8. The maximum Gasteiger partial charge on any atom is 0.495 e. The highest BCUT2D eigenvalue weighted by atomic mass is 19.1. The number of carbonyl (C=O) groups is 1. The number of halogens is 2. The van der Waals surface area contributed by atoms with Crippen LogP contribution < -0.4 is 5.46 Å². The van der Waals surface area contributed by atoms with Crippen molar-refractivity contribution in [2.45, 2.75) is 45.8 Å². The molecule has 1 heterocycles. The molecule has 1 aromatic rings. The standard InChI is InChI=1S/C14H17BF2O3/c1-8(18)12-10(16)6-9(7-11(12)17)15-19-13(2,3)14(4,5)20-15/h6-7H,1-5H3. The van der Waals surface area contributed by atoms with Gasteiger partial charge in [0, 0.05) is 0 Å². The van der Waals surface area contributed by atoms with Crippen LogP contribution in [0.4, 0.5) is 8.78 Å². The monoisotopic (exact) mass is 282 g/mol. The maximum atomic E-state index is 13.8. The second-order valence-corrected chi connectivity index (χ2v) is 6.00. The topological polar surface area (TPSA) is 35.5 Å². The Hall–Kier alpha value is -1.27. The van der Waals surface area contributed by atoms with E-state index in [4.69, 9.17) is 9.31 Å². The van der Waals surface area contributed by atoms with Gasteiger partial charge in [-0.1, -0.05) is 0 Å². The third-order valence-corrected chi connectivity index (χ3v) is 3.94. The number of Topliss-reactive ketones (excluding diaryl/α,β-unsaturated/α-hetero) is 1. The zero-order valence-corrected chi connectivity index (χ0v) is 12.2. The number of ketones is 1. The smallest absolute Gasteiger partial charge is 0.399 e. The third kappa shape index (κ3) is 2.38. The van der Waals surface area contributed by atoms with E-state index in [0.29, 0.717) is 0 Å². The van der Waals surface area contributed by atoms with Crippen LogP contribution in [0.5, 0.6) is 0 Å². The first-order valence-electron chi connectivity index (χ1n) is 6.41. The Morgan fingerprint density at radius 1 is 1.05 bits per heavy atom. The molecule has 1 aliphatic rings. The van der Waals surface area contributed by atoms with E-state index < -0.39 is 41.3 Å². The number of carbonyl (C=O) groups excluding carboxylic acids is 1. The molecule has 2 rings (SSSR count). The van der Waals surface area contributed by atoms with Gasteiger partial charge in [0.15, 0.2) is 5.78 Å². The fourth-order valence-electron chi connectivity index (χ4n) is 2.04. The van der Waals surface area contributed by atoms with Gasteiger partial charge in [-0.05, 0) is 52.2 Å². The van der Waals surface area contributed by atoms with Gasteiger partial charge in [-0.15, -0.1) is 0 Å². The lowest BCUT2D eigenvalue weighted by molar-refractivity contribution is 0.00578. The molecular formula is C14H17BF2O3. The van der Waals surface area contributed by atoms with Crippen molar-refractivity contribution in [1.82, 2.24) is 0 Å². The molecule has 0 N–H and O–H groups in total. The summed E-state index contributed by atoms with van der Waals surface area (Å²) in [6.45, 7) is 8.52. The summed E-state index contributed by atoms with van der Waals surface area (Å²) in [7, 11) is -0.856. The average molecular weight is 282 g/mol. The Morgan fingerprint density at radius 3 is 1.80 bits per heavy atom. The lowest BCUT2D eigenvalue weighted by Gasteiger charge is -2.32. The van der Waals surface area contributed by atoms with Gasteiger partial charge in [-0.25, -0.2) is 8.78 Å². The Labute approximate surface area is 117 Å². The lowest BCUT2D eigenvalue weighted by atomic mass is 9.78. The Bertz CT molecular complexity index is 531. The molecule has 0 atom stereocenters. The van der Waals surface area contributed by atoms with Crippen LogP contribution in [-0.2, 0) is 9.31 Å². The highest BCUT2D eigenvalue weighted by Gasteiger charge is 2.52. The van der Waals surface area contributed by atoms with Crippen molar-refractivity contribution in [3.63, 3.8) is 0 Å². The summed E-state index contributed by atoms with van der Waals surface area (Å²) in [5.74, 6) is -2.45. The van der Waals surface area contributed by atoms with E-state index in [9.17, 15) is 13.6 Å². The number of hydrogen-bond acceptors (Lipinski definition) is 3. The van der Waals surface area contributed by atoms with Gasteiger partial charge in [0.05, 0.1) is 16.8 Å². The molecule has 0 saturated carbocycles. The Balaban J connectivity index is 2.40. The quantitative estimate of drug-likeness (QED) is 0.617. The molecule has 0 spiro atoms. The van der Waals surface area contributed by atoms with Crippen LogP contribution in [0.15, 0.2) is 12.1 Å². The molecule has 1 fully saturated rings. The van der Waals surface area contributed by atoms with Gasteiger partial charge in [-0.3, -0.25) is 4.79 Å². The molecule has 3 nitrogen and oxygen atoms in total. The van der Waals surface area contributed by atoms with Gasteiger partial charge in [-0.2, -0.15) is 0 Å². The summed E-state index contributed by atoms with van der Waals surface area (Å²) in [5.41, 5.74) is -1.50. The first-order valence-corrected chi connectivity index (χ1v) is 6.41. The largest absolute Gasteiger partial charge is 0.495 e. The van der Waals surface area contributed by atoms with Crippen molar-refractivity contribution >= 4 is 18.4 Å². The summed E-state index contributed by atoms with van der Waals surface area (Å²) in [4.78, 5) is 11.2. The second-order valence-electron chi connectivity index (χ2n) is 6.00. The summed E-state index contributed by atoms with van der Waals surface area (Å²) in [6.07, 6.45) is 0. The van der Waals surface area contributed by atoms with Gasteiger partial charge >= 0.3 is 7.12 Å².